The molecule has 20 heavy (non-hydrogen) atoms. The van der Waals surface area contributed by atoms with Crippen LogP contribution >= 0.6 is 11.6 Å². The van der Waals surface area contributed by atoms with Crippen LogP contribution in [-0.4, -0.2) is 16.2 Å². The molecule has 104 valence electrons. The van der Waals surface area contributed by atoms with E-state index in [0.717, 1.165) is 5.75 Å². The van der Waals surface area contributed by atoms with E-state index >= 15 is 0 Å². The fourth-order valence-electron chi connectivity index (χ4n) is 2.35. The summed E-state index contributed by atoms with van der Waals surface area (Å²) in [6, 6.07) is 7.29. The van der Waals surface area contributed by atoms with E-state index in [1.165, 1.54) is 0 Å². The molecule has 0 amide bonds. The Kier molecular flexibility index (Phi) is 3.22. The fourth-order valence-corrected chi connectivity index (χ4v) is 2.48. The van der Waals surface area contributed by atoms with Crippen molar-refractivity contribution in [2.75, 3.05) is 6.61 Å². The van der Waals surface area contributed by atoms with Crippen LogP contribution in [0.1, 0.15) is 13.8 Å². The molecule has 3 rings (SSSR count). The van der Waals surface area contributed by atoms with Crippen LogP contribution < -0.4 is 4.74 Å². The third kappa shape index (κ3) is 2.09. The first kappa shape index (κ1) is 13.5. The molecule has 1 aromatic heterocycles. The standard InChI is InChI=1S/C15H15ClN2O2/c1-14(2)9-19-10-15(14,18-8-7-17-11-18)20-13-5-3-12(16)4-6-13/h3-8,11H,10H2,1-2H3. The lowest BCUT2D eigenvalue weighted by atomic mass is 9.83. The zero-order valence-corrected chi connectivity index (χ0v) is 12.1. The van der Waals surface area contributed by atoms with Crippen molar-refractivity contribution in [1.82, 2.24) is 9.55 Å². The van der Waals surface area contributed by atoms with Crippen LogP contribution in [-0.2, 0) is 10.5 Å². The molecule has 0 aliphatic carbocycles. The Morgan fingerprint density at radius 2 is 2.10 bits per heavy atom. The number of hydrogen-bond acceptors (Lipinski definition) is 3. The molecule has 0 N–H and O–H groups in total. The minimum absolute atomic E-state index is 0.374. The lowest BCUT2D eigenvalue weighted by Gasteiger charge is -2.39. The second-order valence-corrected chi connectivity index (χ2v) is 5.76. The van der Waals surface area contributed by atoms with Crippen molar-refractivity contribution in [3.63, 3.8) is 0 Å². The van der Waals surface area contributed by atoms with Crippen molar-refractivity contribution in [2.45, 2.75) is 19.6 Å². The first-order valence-corrected chi connectivity index (χ1v) is 6.73. The van der Waals surface area contributed by atoms with E-state index in [1.807, 2.05) is 36.7 Å². The zero-order chi connectivity index (χ0) is 14.2. The lowest BCUT2D eigenvalue weighted by molar-refractivity contribution is -0.0776. The minimum atomic E-state index is -0.711. The summed E-state index contributed by atoms with van der Waals surface area (Å²) < 4.78 is 13.6. The number of rotatable bonds is 3. The molecule has 0 saturated carbocycles. The first-order valence-electron chi connectivity index (χ1n) is 6.35. The van der Waals surface area contributed by atoms with Gasteiger partial charge in [-0.1, -0.05) is 25.4 Å². The maximum atomic E-state index is 6.25. The van der Waals surface area contributed by atoms with Crippen LogP contribution in [0.2, 0.25) is 5.02 Å². The second kappa shape index (κ2) is 4.79. The highest BCUT2D eigenvalue weighted by molar-refractivity contribution is 6.30. The summed E-state index contributed by atoms with van der Waals surface area (Å²) in [5, 5.41) is 0.675. The topological polar surface area (TPSA) is 36.3 Å². The minimum Gasteiger partial charge on any atom is -0.464 e. The van der Waals surface area contributed by atoms with Crippen molar-refractivity contribution >= 4 is 11.6 Å². The molecular weight excluding hydrogens is 276 g/mol. The average Bonchev–Trinajstić information content (AvgIpc) is 3.02. The molecule has 5 heteroatoms. The van der Waals surface area contributed by atoms with Crippen LogP contribution in [0.5, 0.6) is 5.75 Å². The highest BCUT2D eigenvalue weighted by Gasteiger charge is 2.55. The third-order valence-corrected chi connectivity index (χ3v) is 3.85. The SMILES string of the molecule is CC1(C)[C]OCC1(Oc1ccc(Cl)cc1)n1ccnc1. The summed E-state index contributed by atoms with van der Waals surface area (Å²) >= 11 is 5.91. The van der Waals surface area contributed by atoms with Gasteiger partial charge < -0.3 is 9.47 Å². The molecule has 1 aromatic carbocycles. The molecule has 1 fully saturated rings. The zero-order valence-electron chi connectivity index (χ0n) is 11.3. The van der Waals surface area contributed by atoms with Gasteiger partial charge in [0, 0.05) is 17.4 Å². The van der Waals surface area contributed by atoms with E-state index in [4.69, 9.17) is 21.1 Å². The van der Waals surface area contributed by atoms with Crippen molar-refractivity contribution < 1.29 is 9.47 Å². The van der Waals surface area contributed by atoms with Crippen molar-refractivity contribution in [3.8, 4) is 5.75 Å². The molecule has 2 aromatic rings. The maximum Gasteiger partial charge on any atom is 0.219 e. The highest BCUT2D eigenvalue weighted by Crippen LogP contribution is 2.46. The predicted molar refractivity (Wildman–Crippen MR) is 75.3 cm³/mol. The van der Waals surface area contributed by atoms with E-state index in [-0.39, 0.29) is 0 Å². The Morgan fingerprint density at radius 3 is 2.65 bits per heavy atom. The summed E-state index contributed by atoms with van der Waals surface area (Å²) in [5.41, 5.74) is -1.13. The van der Waals surface area contributed by atoms with Gasteiger partial charge in [-0.15, -0.1) is 0 Å². The second-order valence-electron chi connectivity index (χ2n) is 5.33. The van der Waals surface area contributed by atoms with Crippen molar-refractivity contribution in [1.29, 1.82) is 0 Å². The molecular formula is C15H15ClN2O2. The van der Waals surface area contributed by atoms with E-state index < -0.39 is 11.1 Å². The Balaban J connectivity index is 2.01. The Bertz CT molecular complexity index is 580. The fraction of sp³-hybridized carbons (Fsp3) is 0.333. The molecule has 0 bridgehead atoms. The summed E-state index contributed by atoms with van der Waals surface area (Å²) in [5.74, 6) is 0.725. The maximum absolute atomic E-state index is 6.25. The number of aromatic nitrogens is 2. The molecule has 1 aliphatic rings. The van der Waals surface area contributed by atoms with Gasteiger partial charge in [0.2, 0.25) is 5.72 Å². The van der Waals surface area contributed by atoms with Crippen LogP contribution in [0, 0.1) is 12.0 Å². The van der Waals surface area contributed by atoms with Gasteiger partial charge in [-0.25, -0.2) is 4.98 Å². The van der Waals surface area contributed by atoms with Crippen molar-refractivity contribution in [2.24, 2.45) is 5.41 Å². The molecule has 1 aliphatic heterocycles. The molecule has 4 nitrogen and oxygen atoms in total. The molecule has 2 radical (unpaired) electrons. The third-order valence-electron chi connectivity index (χ3n) is 3.59. The first-order chi connectivity index (χ1) is 9.53. The largest absolute Gasteiger partial charge is 0.464 e. The smallest absolute Gasteiger partial charge is 0.219 e. The van der Waals surface area contributed by atoms with Gasteiger partial charge in [0.25, 0.3) is 0 Å². The number of hydrogen-bond donors (Lipinski definition) is 0. The van der Waals surface area contributed by atoms with Crippen molar-refractivity contribution in [3.05, 3.63) is 54.6 Å². The monoisotopic (exact) mass is 290 g/mol. The molecule has 1 saturated heterocycles. The number of nitrogens with zero attached hydrogens (tertiary/aromatic N) is 2. The van der Waals surface area contributed by atoms with Crippen LogP contribution in [0.4, 0.5) is 0 Å². The Labute approximate surface area is 123 Å². The van der Waals surface area contributed by atoms with Crippen LogP contribution in [0.25, 0.3) is 0 Å². The molecule has 1 unspecified atom stereocenters. The van der Waals surface area contributed by atoms with Gasteiger partial charge in [0.1, 0.15) is 19.0 Å². The Hall–Kier alpha value is -1.52. The molecule has 1 atom stereocenters. The van der Waals surface area contributed by atoms with Gasteiger partial charge in [0.05, 0.1) is 11.7 Å². The van der Waals surface area contributed by atoms with E-state index in [9.17, 15) is 0 Å². The van der Waals surface area contributed by atoms with E-state index in [2.05, 4.69) is 11.6 Å². The Morgan fingerprint density at radius 1 is 1.35 bits per heavy atom. The summed E-state index contributed by atoms with van der Waals surface area (Å²) in [4.78, 5) is 4.11. The number of imidazole rings is 1. The van der Waals surface area contributed by atoms with E-state index in [1.54, 1.807) is 24.7 Å². The van der Waals surface area contributed by atoms with Gasteiger partial charge >= 0.3 is 0 Å². The number of benzene rings is 1. The van der Waals surface area contributed by atoms with Gasteiger partial charge in [-0.3, -0.25) is 4.57 Å². The van der Waals surface area contributed by atoms with Gasteiger partial charge in [-0.2, -0.15) is 0 Å². The lowest BCUT2D eigenvalue weighted by Crippen LogP contribution is -2.50. The normalized spacial score (nSPS) is 24.8. The molecule has 0 spiro atoms. The highest BCUT2D eigenvalue weighted by atomic mass is 35.5. The number of halogens is 1. The quantitative estimate of drug-likeness (QED) is 0.869. The van der Waals surface area contributed by atoms with E-state index in [0.29, 0.717) is 11.6 Å². The summed E-state index contributed by atoms with van der Waals surface area (Å²) in [6.45, 7) is 7.43. The van der Waals surface area contributed by atoms with Crippen LogP contribution in [0.15, 0.2) is 43.0 Å². The number of ether oxygens (including phenoxy) is 2. The predicted octanol–water partition coefficient (Wildman–Crippen LogP) is 3.36. The average molecular weight is 291 g/mol. The summed E-state index contributed by atoms with van der Waals surface area (Å²) in [7, 11) is 0. The van der Waals surface area contributed by atoms with Gasteiger partial charge in [0.15, 0.2) is 0 Å². The van der Waals surface area contributed by atoms with Gasteiger partial charge in [-0.05, 0) is 24.3 Å². The van der Waals surface area contributed by atoms with Crippen LogP contribution in [0.3, 0.4) is 0 Å². The molecule has 2 heterocycles. The summed E-state index contributed by atoms with van der Waals surface area (Å²) in [6.07, 6.45) is 5.32.